The average Bonchev–Trinajstić information content (AvgIpc) is 2.74. The lowest BCUT2D eigenvalue weighted by atomic mass is 9.99. The Morgan fingerprint density at radius 3 is 2.72 bits per heavy atom. The Morgan fingerprint density at radius 1 is 1.28 bits per heavy atom. The Bertz CT molecular complexity index is 808. The number of amides is 1. The second-order valence-corrected chi connectivity index (χ2v) is 9.52. The van der Waals surface area contributed by atoms with Crippen LogP contribution in [0.15, 0.2) is 23.1 Å². The number of sulfonamides is 1. The van der Waals surface area contributed by atoms with Crippen molar-refractivity contribution in [3.63, 3.8) is 0 Å². The summed E-state index contributed by atoms with van der Waals surface area (Å²) in [5.74, 6) is 0.270. The average molecular weight is 426 g/mol. The van der Waals surface area contributed by atoms with Crippen molar-refractivity contribution in [1.82, 2.24) is 14.5 Å². The number of carbonyl (C=O) groups excluding carboxylic acids is 1. The van der Waals surface area contributed by atoms with Crippen molar-refractivity contribution in [1.29, 1.82) is 0 Å². The van der Waals surface area contributed by atoms with Crippen LogP contribution < -0.4 is 10.1 Å². The van der Waals surface area contributed by atoms with Crippen molar-refractivity contribution in [2.75, 3.05) is 59.6 Å². The van der Waals surface area contributed by atoms with Crippen molar-refractivity contribution in [2.24, 2.45) is 5.92 Å². The number of aryl methyl sites for hydroxylation is 1. The zero-order valence-corrected chi connectivity index (χ0v) is 18.0. The normalized spacial score (nSPS) is 21.7. The van der Waals surface area contributed by atoms with Gasteiger partial charge in [0.15, 0.2) is 0 Å². The van der Waals surface area contributed by atoms with Gasteiger partial charge < -0.3 is 14.8 Å². The van der Waals surface area contributed by atoms with Gasteiger partial charge in [-0.1, -0.05) is 0 Å². The van der Waals surface area contributed by atoms with Gasteiger partial charge in [-0.25, -0.2) is 8.42 Å². The van der Waals surface area contributed by atoms with E-state index in [0.29, 0.717) is 31.7 Å². The van der Waals surface area contributed by atoms with Crippen LogP contribution in [-0.2, 0) is 19.6 Å². The number of hydrogen-bond acceptors (Lipinski definition) is 6. The lowest BCUT2D eigenvalue weighted by molar-refractivity contribution is -0.126. The van der Waals surface area contributed by atoms with E-state index in [4.69, 9.17) is 9.47 Å². The van der Waals surface area contributed by atoms with Crippen LogP contribution in [0, 0.1) is 12.8 Å². The number of carbonyl (C=O) groups is 1. The highest BCUT2D eigenvalue weighted by molar-refractivity contribution is 7.89. The number of methoxy groups -OCH3 is 1. The third-order valence-electron chi connectivity index (χ3n) is 5.59. The molecule has 162 valence electrons. The third kappa shape index (κ3) is 5.48. The molecule has 1 N–H and O–H groups in total. The first-order valence-corrected chi connectivity index (χ1v) is 11.6. The SMILES string of the molecule is COc1ccc(S(=O)(=O)N2CCCC(C(=O)NCCN3CCOCC3)C2)cc1C. The molecule has 0 aliphatic carbocycles. The summed E-state index contributed by atoms with van der Waals surface area (Å²) in [7, 11) is -2.08. The summed E-state index contributed by atoms with van der Waals surface area (Å²) in [5.41, 5.74) is 0.767. The summed E-state index contributed by atoms with van der Waals surface area (Å²) in [6, 6.07) is 4.86. The lowest BCUT2D eigenvalue weighted by Gasteiger charge is -2.31. The number of nitrogens with one attached hydrogen (secondary N) is 1. The highest BCUT2D eigenvalue weighted by atomic mass is 32.2. The Morgan fingerprint density at radius 2 is 2.03 bits per heavy atom. The van der Waals surface area contributed by atoms with E-state index >= 15 is 0 Å². The third-order valence-corrected chi connectivity index (χ3v) is 7.45. The van der Waals surface area contributed by atoms with Crippen LogP contribution in [-0.4, -0.2) is 83.1 Å². The predicted octanol–water partition coefficient (Wildman–Crippen LogP) is 0.853. The summed E-state index contributed by atoms with van der Waals surface area (Å²) in [4.78, 5) is 15.1. The Balaban J connectivity index is 1.57. The first kappa shape index (κ1) is 22.0. The van der Waals surface area contributed by atoms with E-state index < -0.39 is 10.0 Å². The maximum atomic E-state index is 13.1. The fourth-order valence-corrected chi connectivity index (χ4v) is 5.45. The van der Waals surface area contributed by atoms with Gasteiger partial charge in [0.2, 0.25) is 15.9 Å². The number of nitrogens with zero attached hydrogens (tertiary/aromatic N) is 2. The molecule has 1 aromatic carbocycles. The number of ether oxygens (including phenoxy) is 2. The van der Waals surface area contributed by atoms with Gasteiger partial charge in [-0.05, 0) is 43.5 Å². The van der Waals surface area contributed by atoms with E-state index in [-0.39, 0.29) is 23.3 Å². The minimum atomic E-state index is -3.64. The van der Waals surface area contributed by atoms with Gasteiger partial charge in [0.1, 0.15) is 5.75 Å². The van der Waals surface area contributed by atoms with E-state index in [0.717, 1.165) is 38.4 Å². The minimum absolute atomic E-state index is 0.0657. The fraction of sp³-hybridized carbons (Fsp3) is 0.650. The molecule has 2 fully saturated rings. The number of rotatable bonds is 7. The van der Waals surface area contributed by atoms with Gasteiger partial charge in [-0.2, -0.15) is 4.31 Å². The van der Waals surface area contributed by atoms with Crippen LogP contribution in [0.25, 0.3) is 0 Å². The first-order valence-electron chi connectivity index (χ1n) is 10.1. The molecule has 1 amide bonds. The Labute approximate surface area is 173 Å². The van der Waals surface area contributed by atoms with Crippen LogP contribution in [0.1, 0.15) is 18.4 Å². The second kappa shape index (κ2) is 9.88. The molecule has 0 radical (unpaired) electrons. The second-order valence-electron chi connectivity index (χ2n) is 7.58. The van der Waals surface area contributed by atoms with E-state index in [9.17, 15) is 13.2 Å². The molecule has 0 saturated carbocycles. The van der Waals surface area contributed by atoms with Crippen LogP contribution >= 0.6 is 0 Å². The summed E-state index contributed by atoms with van der Waals surface area (Å²) in [6.45, 7) is 7.05. The summed E-state index contributed by atoms with van der Waals surface area (Å²) in [6.07, 6.45) is 1.38. The zero-order chi connectivity index (χ0) is 20.9. The van der Waals surface area contributed by atoms with Gasteiger partial charge in [-0.3, -0.25) is 9.69 Å². The molecule has 1 unspecified atom stereocenters. The molecule has 0 aromatic heterocycles. The molecule has 1 aromatic rings. The van der Waals surface area contributed by atoms with E-state index in [2.05, 4.69) is 10.2 Å². The minimum Gasteiger partial charge on any atom is -0.496 e. The fourth-order valence-electron chi connectivity index (χ4n) is 3.84. The molecular weight excluding hydrogens is 394 g/mol. The maximum Gasteiger partial charge on any atom is 0.243 e. The van der Waals surface area contributed by atoms with Gasteiger partial charge in [0, 0.05) is 39.3 Å². The molecule has 2 heterocycles. The monoisotopic (exact) mass is 425 g/mol. The molecule has 3 rings (SSSR count). The molecule has 8 nitrogen and oxygen atoms in total. The highest BCUT2D eigenvalue weighted by Crippen LogP contribution is 2.27. The first-order chi connectivity index (χ1) is 13.9. The van der Waals surface area contributed by atoms with Gasteiger partial charge in [-0.15, -0.1) is 0 Å². The van der Waals surface area contributed by atoms with Crippen LogP contribution in [0.3, 0.4) is 0 Å². The quantitative estimate of drug-likeness (QED) is 0.697. The predicted molar refractivity (Wildman–Crippen MR) is 109 cm³/mol. The van der Waals surface area contributed by atoms with Crippen LogP contribution in [0.2, 0.25) is 0 Å². The molecule has 9 heteroatoms. The summed E-state index contributed by atoms with van der Waals surface area (Å²) < 4.78 is 38.1. The van der Waals surface area contributed by atoms with Crippen molar-refractivity contribution in [2.45, 2.75) is 24.7 Å². The Hall–Kier alpha value is -1.68. The maximum absolute atomic E-state index is 13.1. The van der Waals surface area contributed by atoms with Crippen molar-refractivity contribution in [3.8, 4) is 5.75 Å². The molecule has 1 atom stereocenters. The highest BCUT2D eigenvalue weighted by Gasteiger charge is 2.33. The molecule has 29 heavy (non-hydrogen) atoms. The summed E-state index contributed by atoms with van der Waals surface area (Å²) in [5, 5.41) is 2.98. The standard InChI is InChI=1S/C20H31N3O5S/c1-16-14-18(5-6-19(16)27-2)29(25,26)23-8-3-4-17(15-23)20(24)21-7-9-22-10-12-28-13-11-22/h5-6,14,17H,3-4,7-13,15H2,1-2H3,(H,21,24). The van der Waals surface area contributed by atoms with Gasteiger partial charge in [0.25, 0.3) is 0 Å². The zero-order valence-electron chi connectivity index (χ0n) is 17.2. The lowest BCUT2D eigenvalue weighted by Crippen LogP contribution is -2.47. The van der Waals surface area contributed by atoms with Crippen molar-refractivity contribution in [3.05, 3.63) is 23.8 Å². The Kier molecular flexibility index (Phi) is 7.50. The molecule has 2 saturated heterocycles. The number of benzene rings is 1. The topological polar surface area (TPSA) is 88.2 Å². The smallest absolute Gasteiger partial charge is 0.243 e. The number of morpholine rings is 1. The number of piperidine rings is 1. The molecule has 2 aliphatic heterocycles. The molecular formula is C20H31N3O5S. The molecule has 0 spiro atoms. The number of hydrogen-bond donors (Lipinski definition) is 1. The van der Waals surface area contributed by atoms with E-state index in [1.165, 1.54) is 4.31 Å². The van der Waals surface area contributed by atoms with E-state index in [1.807, 2.05) is 6.92 Å². The van der Waals surface area contributed by atoms with E-state index in [1.54, 1.807) is 25.3 Å². The van der Waals surface area contributed by atoms with Crippen LogP contribution in [0.4, 0.5) is 0 Å². The largest absolute Gasteiger partial charge is 0.496 e. The molecule has 0 bridgehead atoms. The van der Waals surface area contributed by atoms with Gasteiger partial charge in [0.05, 0.1) is 31.1 Å². The molecule has 2 aliphatic rings. The van der Waals surface area contributed by atoms with Crippen molar-refractivity contribution >= 4 is 15.9 Å². The van der Waals surface area contributed by atoms with Crippen LogP contribution in [0.5, 0.6) is 5.75 Å². The van der Waals surface area contributed by atoms with Crippen molar-refractivity contribution < 1.29 is 22.7 Å². The summed E-state index contributed by atoms with van der Waals surface area (Å²) >= 11 is 0. The van der Waals surface area contributed by atoms with Gasteiger partial charge >= 0.3 is 0 Å².